The van der Waals surface area contributed by atoms with Gasteiger partial charge in [-0.3, -0.25) is 0 Å². The van der Waals surface area contributed by atoms with Crippen LogP contribution in [0, 0.1) is 11.8 Å². The minimum absolute atomic E-state index is 0.668. The van der Waals surface area contributed by atoms with E-state index < -0.39 is 0 Å². The molecule has 0 saturated carbocycles. The molecule has 0 aromatic heterocycles. The summed E-state index contributed by atoms with van der Waals surface area (Å²) in [4.78, 5) is 0. The van der Waals surface area contributed by atoms with Crippen LogP contribution < -0.4 is 21.2 Å². The van der Waals surface area contributed by atoms with Crippen molar-refractivity contribution < 1.29 is 21.2 Å². The Morgan fingerprint density at radius 3 is 2.50 bits per heavy atom. The molecule has 1 heteroatoms. The molecule has 0 bridgehead atoms. The topological polar surface area (TPSA) is 0 Å². The molecule has 1 rings (SSSR count). The molecule has 0 aromatic carbocycles. The first kappa shape index (κ1) is 6.84. The van der Waals surface area contributed by atoms with E-state index in [0.717, 1.165) is 11.8 Å². The Labute approximate surface area is 62.3 Å². The zero-order chi connectivity index (χ0) is 5.98. The first-order chi connectivity index (χ1) is 3.80. The summed E-state index contributed by atoms with van der Waals surface area (Å²) >= 11 is 0.668. The summed E-state index contributed by atoms with van der Waals surface area (Å²) in [7, 11) is 0. The van der Waals surface area contributed by atoms with Crippen molar-refractivity contribution in [3.05, 3.63) is 0 Å². The van der Waals surface area contributed by atoms with Crippen LogP contribution in [0.25, 0.3) is 0 Å². The van der Waals surface area contributed by atoms with E-state index in [-0.39, 0.29) is 0 Å². The van der Waals surface area contributed by atoms with E-state index in [2.05, 4.69) is 13.8 Å². The molecule has 0 aliphatic carbocycles. The average Bonchev–Trinajstić information content (AvgIpc) is 2.12. The molecule has 8 heavy (non-hydrogen) atoms. The van der Waals surface area contributed by atoms with E-state index in [1.165, 1.54) is 0 Å². The number of hydrogen-bond donors (Lipinski definition) is 0. The van der Waals surface area contributed by atoms with Crippen LogP contribution in [0.4, 0.5) is 0 Å². The van der Waals surface area contributed by atoms with Gasteiger partial charge in [0.15, 0.2) is 0 Å². The maximum absolute atomic E-state index is 2.36. The van der Waals surface area contributed by atoms with Gasteiger partial charge in [0.05, 0.1) is 0 Å². The fraction of sp³-hybridized carbons (Fsp3) is 1.00. The molecule has 1 fully saturated rings. The number of hydrogen-bond acceptors (Lipinski definition) is 0. The second kappa shape index (κ2) is 3.04. The minimum atomic E-state index is 0.668. The molecule has 1 aliphatic heterocycles. The van der Waals surface area contributed by atoms with Gasteiger partial charge in [0.1, 0.15) is 0 Å². The van der Waals surface area contributed by atoms with Crippen LogP contribution in [0.3, 0.4) is 0 Å². The Balaban J connectivity index is 2.24. The third-order valence-electron chi connectivity index (χ3n) is 1.86. The number of alkyl halides is 2. The third-order valence-corrected chi connectivity index (χ3v) is 5.00. The Hall–Kier alpha value is 0.730. The van der Waals surface area contributed by atoms with Gasteiger partial charge >= 0.3 is 62.2 Å². The molecule has 1 unspecified atom stereocenters. The normalized spacial score (nSPS) is 30.6. The standard InChI is InChI=1S/C7H14I/c1-6(2)7-3-4-8-5-7/h6-7H,3-5H2,1-2H3/q-1. The average molecular weight is 225 g/mol. The van der Waals surface area contributed by atoms with Crippen LogP contribution in [-0.2, 0) is 0 Å². The Kier molecular flexibility index (Phi) is 2.60. The SMILES string of the molecule is CC(C)C1CC[I-]C1. The van der Waals surface area contributed by atoms with E-state index >= 15 is 0 Å². The maximum atomic E-state index is 2.36. The quantitative estimate of drug-likeness (QED) is 0.386. The van der Waals surface area contributed by atoms with E-state index in [4.69, 9.17) is 0 Å². The van der Waals surface area contributed by atoms with E-state index in [9.17, 15) is 0 Å². The molecule has 1 heterocycles. The van der Waals surface area contributed by atoms with Crippen molar-refractivity contribution >= 4 is 0 Å². The number of halogens is 1. The van der Waals surface area contributed by atoms with E-state index in [1.807, 2.05) is 0 Å². The molecule has 50 valence electrons. The van der Waals surface area contributed by atoms with E-state index in [0.29, 0.717) is 21.2 Å². The summed E-state index contributed by atoms with van der Waals surface area (Å²) in [5, 5.41) is 0. The molecule has 1 saturated heterocycles. The predicted molar refractivity (Wildman–Crippen MR) is 32.7 cm³/mol. The summed E-state index contributed by atoms with van der Waals surface area (Å²) in [5.74, 6) is 2.08. The van der Waals surface area contributed by atoms with Crippen molar-refractivity contribution in [2.75, 3.05) is 8.86 Å². The van der Waals surface area contributed by atoms with Crippen molar-refractivity contribution in [3.63, 3.8) is 0 Å². The third kappa shape index (κ3) is 1.61. The van der Waals surface area contributed by atoms with E-state index in [1.54, 1.807) is 15.3 Å². The summed E-state index contributed by atoms with van der Waals surface area (Å²) in [6.07, 6.45) is 1.55. The molecule has 1 aliphatic rings. The van der Waals surface area contributed by atoms with Crippen LogP contribution >= 0.6 is 0 Å². The fourth-order valence-electron chi connectivity index (χ4n) is 1.02. The molecule has 0 nitrogen and oxygen atoms in total. The zero-order valence-electron chi connectivity index (χ0n) is 5.65. The monoisotopic (exact) mass is 225 g/mol. The number of rotatable bonds is 1. The van der Waals surface area contributed by atoms with Crippen LogP contribution in [0.5, 0.6) is 0 Å². The van der Waals surface area contributed by atoms with Gasteiger partial charge in [-0.25, -0.2) is 0 Å². The van der Waals surface area contributed by atoms with Crippen molar-refractivity contribution in [1.29, 1.82) is 0 Å². The Morgan fingerprint density at radius 2 is 2.25 bits per heavy atom. The van der Waals surface area contributed by atoms with Crippen molar-refractivity contribution in [3.8, 4) is 0 Å². The molecule has 0 spiro atoms. The molecule has 0 radical (unpaired) electrons. The fourth-order valence-corrected chi connectivity index (χ4v) is 4.96. The van der Waals surface area contributed by atoms with Gasteiger partial charge in [0.2, 0.25) is 0 Å². The second-order valence-corrected chi connectivity index (χ2v) is 5.86. The van der Waals surface area contributed by atoms with Crippen LogP contribution in [-0.4, -0.2) is 8.86 Å². The predicted octanol–water partition coefficient (Wildman–Crippen LogP) is -1.25. The van der Waals surface area contributed by atoms with Crippen LogP contribution in [0.1, 0.15) is 20.3 Å². The van der Waals surface area contributed by atoms with Gasteiger partial charge in [-0.05, 0) is 0 Å². The Morgan fingerprint density at radius 1 is 1.50 bits per heavy atom. The van der Waals surface area contributed by atoms with Crippen LogP contribution in [0.2, 0.25) is 0 Å². The molecular weight excluding hydrogens is 211 g/mol. The first-order valence-corrected chi connectivity index (χ1v) is 6.39. The van der Waals surface area contributed by atoms with Crippen molar-refractivity contribution in [2.24, 2.45) is 11.8 Å². The Bertz CT molecular complexity index is 62.8. The summed E-state index contributed by atoms with van der Waals surface area (Å²) in [6.45, 7) is 4.72. The molecule has 0 N–H and O–H groups in total. The first-order valence-electron chi connectivity index (χ1n) is 3.34. The molecule has 1 atom stereocenters. The van der Waals surface area contributed by atoms with Gasteiger partial charge in [-0.15, -0.1) is 0 Å². The van der Waals surface area contributed by atoms with Gasteiger partial charge in [-0.2, -0.15) is 0 Å². The zero-order valence-corrected chi connectivity index (χ0v) is 7.81. The molecule has 0 amide bonds. The van der Waals surface area contributed by atoms with Crippen molar-refractivity contribution in [2.45, 2.75) is 20.3 Å². The van der Waals surface area contributed by atoms with Gasteiger partial charge in [-0.1, -0.05) is 0 Å². The van der Waals surface area contributed by atoms with Crippen molar-refractivity contribution in [1.82, 2.24) is 0 Å². The molecular formula is C7H14I-. The van der Waals surface area contributed by atoms with Gasteiger partial charge in [0.25, 0.3) is 0 Å². The summed E-state index contributed by atoms with van der Waals surface area (Å²) in [5.41, 5.74) is 0. The summed E-state index contributed by atoms with van der Waals surface area (Å²) < 4.78 is 3.21. The van der Waals surface area contributed by atoms with Gasteiger partial charge in [0, 0.05) is 0 Å². The van der Waals surface area contributed by atoms with Gasteiger partial charge < -0.3 is 0 Å². The van der Waals surface area contributed by atoms with Crippen LogP contribution in [0.15, 0.2) is 0 Å². The second-order valence-electron chi connectivity index (χ2n) is 2.83. The molecule has 0 aromatic rings. The summed E-state index contributed by atoms with van der Waals surface area (Å²) in [6, 6.07) is 0.